The van der Waals surface area contributed by atoms with Gasteiger partial charge in [-0.2, -0.15) is 0 Å². The molecule has 0 bridgehead atoms. The molecule has 4 heteroatoms. The quantitative estimate of drug-likeness (QED) is 0.893. The summed E-state index contributed by atoms with van der Waals surface area (Å²) < 4.78 is 0. The number of benzene rings is 1. The summed E-state index contributed by atoms with van der Waals surface area (Å²) in [6.07, 6.45) is 0. The highest BCUT2D eigenvalue weighted by Crippen LogP contribution is 2.26. The van der Waals surface area contributed by atoms with Crippen LogP contribution in [0.5, 0.6) is 0 Å². The highest BCUT2D eigenvalue weighted by atomic mass is 35.5. The fraction of sp³-hybridized carbons (Fsp3) is 0.538. The van der Waals surface area contributed by atoms with Gasteiger partial charge in [0.25, 0.3) is 0 Å². The Balaban J connectivity index is 2.14. The molecule has 1 aromatic rings. The predicted molar refractivity (Wildman–Crippen MR) is 75.3 cm³/mol. The lowest BCUT2D eigenvalue weighted by atomic mass is 10.2. The molecule has 0 saturated carbocycles. The van der Waals surface area contributed by atoms with Crippen molar-refractivity contribution in [3.05, 3.63) is 23.2 Å². The van der Waals surface area contributed by atoms with Gasteiger partial charge in [-0.3, -0.25) is 0 Å². The van der Waals surface area contributed by atoms with Gasteiger partial charge in [-0.05, 0) is 32.2 Å². The lowest BCUT2D eigenvalue weighted by Crippen LogP contribution is -2.44. The molecule has 1 N–H and O–H groups in total. The first-order chi connectivity index (χ1) is 8.19. The van der Waals surface area contributed by atoms with Crippen molar-refractivity contribution in [1.29, 1.82) is 0 Å². The van der Waals surface area contributed by atoms with Crippen molar-refractivity contribution in [3.8, 4) is 0 Å². The van der Waals surface area contributed by atoms with Crippen molar-refractivity contribution in [1.82, 2.24) is 4.90 Å². The SMILES string of the molecule is CCNc1cc(Cl)cc(N2CCN(C)CC2)c1. The fourth-order valence-corrected chi connectivity index (χ4v) is 2.36. The molecule has 2 rings (SSSR count). The van der Waals surface area contributed by atoms with Gasteiger partial charge >= 0.3 is 0 Å². The van der Waals surface area contributed by atoms with Gasteiger partial charge in [0.05, 0.1) is 0 Å². The summed E-state index contributed by atoms with van der Waals surface area (Å²) in [5.74, 6) is 0. The van der Waals surface area contributed by atoms with Crippen molar-refractivity contribution in [2.75, 3.05) is 50.0 Å². The Kier molecular flexibility index (Phi) is 4.13. The summed E-state index contributed by atoms with van der Waals surface area (Å²) in [6, 6.07) is 6.21. The summed E-state index contributed by atoms with van der Waals surface area (Å²) in [5, 5.41) is 4.12. The molecule has 0 unspecified atom stereocenters. The number of hydrogen-bond donors (Lipinski definition) is 1. The van der Waals surface area contributed by atoms with Gasteiger partial charge in [-0.15, -0.1) is 0 Å². The monoisotopic (exact) mass is 253 g/mol. The summed E-state index contributed by atoms with van der Waals surface area (Å²) >= 11 is 6.16. The Morgan fingerprint density at radius 3 is 2.53 bits per heavy atom. The van der Waals surface area contributed by atoms with E-state index in [4.69, 9.17) is 11.6 Å². The summed E-state index contributed by atoms with van der Waals surface area (Å²) in [4.78, 5) is 4.75. The number of anilines is 2. The Bertz CT molecular complexity index is 373. The number of hydrogen-bond acceptors (Lipinski definition) is 3. The van der Waals surface area contributed by atoms with Gasteiger partial charge < -0.3 is 15.1 Å². The number of rotatable bonds is 3. The number of likely N-dealkylation sites (N-methyl/N-ethyl adjacent to an activating group) is 1. The smallest absolute Gasteiger partial charge is 0.0447 e. The minimum Gasteiger partial charge on any atom is -0.385 e. The highest BCUT2D eigenvalue weighted by molar-refractivity contribution is 6.31. The third kappa shape index (κ3) is 3.27. The molecule has 1 heterocycles. The third-order valence-electron chi connectivity index (χ3n) is 3.13. The van der Waals surface area contributed by atoms with Gasteiger partial charge in [-0.25, -0.2) is 0 Å². The first-order valence-corrected chi connectivity index (χ1v) is 6.55. The van der Waals surface area contributed by atoms with E-state index in [2.05, 4.69) is 35.2 Å². The molecule has 0 radical (unpaired) electrons. The second kappa shape index (κ2) is 5.61. The van der Waals surface area contributed by atoms with Crippen LogP contribution >= 0.6 is 11.6 Å². The second-order valence-corrected chi connectivity index (χ2v) is 4.96. The van der Waals surface area contributed by atoms with Crippen molar-refractivity contribution >= 4 is 23.0 Å². The average molecular weight is 254 g/mol. The topological polar surface area (TPSA) is 18.5 Å². The first-order valence-electron chi connectivity index (χ1n) is 6.17. The van der Waals surface area contributed by atoms with E-state index in [1.165, 1.54) is 5.69 Å². The summed E-state index contributed by atoms with van der Waals surface area (Å²) in [7, 11) is 2.17. The van der Waals surface area contributed by atoms with E-state index < -0.39 is 0 Å². The van der Waals surface area contributed by atoms with Gasteiger partial charge in [0, 0.05) is 49.1 Å². The molecular weight excluding hydrogens is 234 g/mol. The Hall–Kier alpha value is -0.930. The Morgan fingerprint density at radius 2 is 1.88 bits per heavy atom. The van der Waals surface area contributed by atoms with Crippen LogP contribution in [0.1, 0.15) is 6.92 Å². The first kappa shape index (κ1) is 12.5. The van der Waals surface area contributed by atoms with Crippen LogP contribution in [0.2, 0.25) is 5.02 Å². The number of piperazine rings is 1. The van der Waals surface area contributed by atoms with Crippen LogP contribution in [0.15, 0.2) is 18.2 Å². The summed E-state index contributed by atoms with van der Waals surface area (Å²) in [6.45, 7) is 7.38. The molecule has 1 aliphatic rings. The Labute approximate surface area is 108 Å². The number of nitrogens with zero attached hydrogens (tertiary/aromatic N) is 2. The molecule has 0 aliphatic carbocycles. The standard InChI is InChI=1S/C13H20ClN3/c1-3-15-12-8-11(14)9-13(10-12)17-6-4-16(2)5-7-17/h8-10,15H,3-7H2,1-2H3. The molecule has 1 fully saturated rings. The van der Waals surface area contributed by atoms with Gasteiger partial charge in [-0.1, -0.05) is 11.6 Å². The van der Waals surface area contributed by atoms with Crippen LogP contribution in [-0.2, 0) is 0 Å². The van der Waals surface area contributed by atoms with Crippen molar-refractivity contribution in [2.24, 2.45) is 0 Å². The molecule has 1 aromatic carbocycles. The van der Waals surface area contributed by atoms with Crippen LogP contribution in [0.25, 0.3) is 0 Å². The zero-order valence-electron chi connectivity index (χ0n) is 10.5. The maximum atomic E-state index is 6.16. The minimum absolute atomic E-state index is 0.803. The normalized spacial score (nSPS) is 17.2. The van der Waals surface area contributed by atoms with E-state index >= 15 is 0 Å². The molecule has 0 atom stereocenters. The second-order valence-electron chi connectivity index (χ2n) is 4.52. The lowest BCUT2D eigenvalue weighted by molar-refractivity contribution is 0.313. The number of halogens is 1. The van der Waals surface area contributed by atoms with E-state index in [0.29, 0.717) is 0 Å². The molecule has 94 valence electrons. The van der Waals surface area contributed by atoms with Crippen LogP contribution in [0, 0.1) is 0 Å². The predicted octanol–water partition coefficient (Wildman–Crippen LogP) is 2.52. The van der Waals surface area contributed by atoms with Gasteiger partial charge in [0.15, 0.2) is 0 Å². The van der Waals surface area contributed by atoms with Crippen molar-refractivity contribution < 1.29 is 0 Å². The average Bonchev–Trinajstić information content (AvgIpc) is 2.29. The van der Waals surface area contributed by atoms with Gasteiger partial charge in [0.2, 0.25) is 0 Å². The molecule has 1 saturated heterocycles. The number of nitrogens with one attached hydrogen (secondary N) is 1. The van der Waals surface area contributed by atoms with Crippen LogP contribution < -0.4 is 10.2 Å². The molecule has 3 nitrogen and oxygen atoms in total. The van der Waals surface area contributed by atoms with E-state index in [9.17, 15) is 0 Å². The van der Waals surface area contributed by atoms with Crippen LogP contribution in [-0.4, -0.2) is 44.7 Å². The Morgan fingerprint density at radius 1 is 1.18 bits per heavy atom. The van der Waals surface area contributed by atoms with E-state index in [1.54, 1.807) is 0 Å². The van der Waals surface area contributed by atoms with Crippen molar-refractivity contribution in [2.45, 2.75) is 6.92 Å². The maximum absolute atomic E-state index is 6.16. The molecule has 0 spiro atoms. The molecule has 1 aliphatic heterocycles. The van der Waals surface area contributed by atoms with Gasteiger partial charge in [0.1, 0.15) is 0 Å². The van der Waals surface area contributed by atoms with E-state index in [0.717, 1.165) is 43.4 Å². The highest BCUT2D eigenvalue weighted by Gasteiger charge is 2.14. The zero-order valence-corrected chi connectivity index (χ0v) is 11.3. The third-order valence-corrected chi connectivity index (χ3v) is 3.35. The lowest BCUT2D eigenvalue weighted by Gasteiger charge is -2.34. The summed E-state index contributed by atoms with van der Waals surface area (Å²) in [5.41, 5.74) is 2.33. The molecular formula is C13H20ClN3. The molecule has 17 heavy (non-hydrogen) atoms. The van der Waals surface area contributed by atoms with E-state index in [1.807, 2.05) is 12.1 Å². The zero-order chi connectivity index (χ0) is 12.3. The minimum atomic E-state index is 0.803. The fourth-order valence-electron chi connectivity index (χ4n) is 2.13. The van der Waals surface area contributed by atoms with Crippen molar-refractivity contribution in [3.63, 3.8) is 0 Å². The molecule has 0 aromatic heterocycles. The van der Waals surface area contributed by atoms with Crippen LogP contribution in [0.4, 0.5) is 11.4 Å². The molecule has 0 amide bonds. The van der Waals surface area contributed by atoms with E-state index in [-0.39, 0.29) is 0 Å². The van der Waals surface area contributed by atoms with Crippen LogP contribution in [0.3, 0.4) is 0 Å². The maximum Gasteiger partial charge on any atom is 0.0447 e. The largest absolute Gasteiger partial charge is 0.385 e.